The topological polar surface area (TPSA) is 43.1 Å². The fourth-order valence-corrected chi connectivity index (χ4v) is 1.40. The van der Waals surface area contributed by atoms with E-state index in [0.29, 0.717) is 5.56 Å². The van der Waals surface area contributed by atoms with Crippen LogP contribution in [-0.2, 0) is 0 Å². The van der Waals surface area contributed by atoms with Gasteiger partial charge >= 0.3 is 0 Å². The van der Waals surface area contributed by atoms with Crippen LogP contribution >= 0.6 is 0 Å². The number of primary amides is 1. The summed E-state index contributed by atoms with van der Waals surface area (Å²) in [4.78, 5) is 10.9. The molecule has 2 nitrogen and oxygen atoms in total. The number of carbonyl (C=O) groups is 1. The van der Waals surface area contributed by atoms with Crippen molar-refractivity contribution in [3.05, 3.63) is 71.0 Å². The van der Waals surface area contributed by atoms with E-state index in [4.69, 9.17) is 5.73 Å². The van der Waals surface area contributed by atoms with Gasteiger partial charge in [-0.1, -0.05) is 11.8 Å². The van der Waals surface area contributed by atoms with Gasteiger partial charge in [0.25, 0.3) is 0 Å². The van der Waals surface area contributed by atoms with E-state index in [1.54, 1.807) is 36.4 Å². The van der Waals surface area contributed by atoms with Crippen LogP contribution in [0.2, 0.25) is 0 Å². The minimum atomic E-state index is -0.465. The molecule has 0 unspecified atom stereocenters. The van der Waals surface area contributed by atoms with E-state index in [9.17, 15) is 9.18 Å². The predicted molar refractivity (Wildman–Crippen MR) is 67.3 cm³/mol. The minimum Gasteiger partial charge on any atom is -0.366 e. The van der Waals surface area contributed by atoms with E-state index in [1.807, 2.05) is 0 Å². The maximum Gasteiger partial charge on any atom is 0.248 e. The Kier molecular flexibility index (Phi) is 3.40. The lowest BCUT2D eigenvalue weighted by Gasteiger charge is -1.94. The Morgan fingerprint density at radius 1 is 0.889 bits per heavy atom. The van der Waals surface area contributed by atoms with Gasteiger partial charge < -0.3 is 5.73 Å². The van der Waals surface area contributed by atoms with Gasteiger partial charge in [0.1, 0.15) is 5.82 Å². The smallest absolute Gasteiger partial charge is 0.248 e. The molecule has 0 aliphatic rings. The first-order valence-electron chi connectivity index (χ1n) is 5.32. The molecule has 0 saturated heterocycles. The molecule has 0 bridgehead atoms. The van der Waals surface area contributed by atoms with Crippen molar-refractivity contribution in [3.8, 4) is 11.8 Å². The summed E-state index contributed by atoms with van der Waals surface area (Å²) in [7, 11) is 0. The highest BCUT2D eigenvalue weighted by atomic mass is 19.1. The third kappa shape index (κ3) is 2.96. The van der Waals surface area contributed by atoms with E-state index in [1.165, 1.54) is 12.1 Å². The summed E-state index contributed by atoms with van der Waals surface area (Å²) in [6, 6.07) is 12.6. The zero-order valence-corrected chi connectivity index (χ0v) is 9.48. The Morgan fingerprint density at radius 3 is 1.78 bits per heavy atom. The SMILES string of the molecule is NC(=O)c1ccc(C#Cc2ccc(F)cc2)cc1. The second kappa shape index (κ2) is 5.15. The molecule has 0 heterocycles. The molecule has 88 valence electrons. The Bertz CT molecular complexity index is 618. The largest absolute Gasteiger partial charge is 0.366 e. The van der Waals surface area contributed by atoms with Crippen molar-refractivity contribution in [2.24, 2.45) is 5.73 Å². The molecule has 2 aromatic rings. The van der Waals surface area contributed by atoms with Gasteiger partial charge in [0, 0.05) is 16.7 Å². The van der Waals surface area contributed by atoms with Crippen LogP contribution in [0.15, 0.2) is 48.5 Å². The molecule has 2 N–H and O–H groups in total. The number of hydrogen-bond donors (Lipinski definition) is 1. The van der Waals surface area contributed by atoms with E-state index in [2.05, 4.69) is 11.8 Å². The third-order valence-electron chi connectivity index (χ3n) is 2.36. The number of halogens is 1. The Labute approximate surface area is 104 Å². The van der Waals surface area contributed by atoms with E-state index < -0.39 is 5.91 Å². The lowest BCUT2D eigenvalue weighted by atomic mass is 10.1. The van der Waals surface area contributed by atoms with Gasteiger partial charge in [0.2, 0.25) is 5.91 Å². The first kappa shape index (κ1) is 11.9. The first-order valence-corrected chi connectivity index (χ1v) is 5.32. The van der Waals surface area contributed by atoms with Crippen LogP contribution in [0.5, 0.6) is 0 Å². The van der Waals surface area contributed by atoms with Gasteiger partial charge in [-0.2, -0.15) is 0 Å². The molecule has 0 aromatic heterocycles. The van der Waals surface area contributed by atoms with Crippen molar-refractivity contribution in [1.82, 2.24) is 0 Å². The van der Waals surface area contributed by atoms with Gasteiger partial charge in [-0.3, -0.25) is 4.79 Å². The van der Waals surface area contributed by atoms with Gasteiger partial charge in [0.15, 0.2) is 0 Å². The molecule has 18 heavy (non-hydrogen) atoms. The quantitative estimate of drug-likeness (QED) is 0.762. The van der Waals surface area contributed by atoms with Crippen molar-refractivity contribution < 1.29 is 9.18 Å². The van der Waals surface area contributed by atoms with Crippen molar-refractivity contribution >= 4 is 5.91 Å². The van der Waals surface area contributed by atoms with Crippen LogP contribution in [0.1, 0.15) is 21.5 Å². The zero-order chi connectivity index (χ0) is 13.0. The average Bonchev–Trinajstić information content (AvgIpc) is 2.38. The summed E-state index contributed by atoms with van der Waals surface area (Å²) in [6.07, 6.45) is 0. The zero-order valence-electron chi connectivity index (χ0n) is 9.48. The number of rotatable bonds is 1. The fourth-order valence-electron chi connectivity index (χ4n) is 1.40. The van der Waals surface area contributed by atoms with Crippen molar-refractivity contribution in [1.29, 1.82) is 0 Å². The predicted octanol–water partition coefficient (Wildman–Crippen LogP) is 2.32. The van der Waals surface area contributed by atoms with Crippen molar-refractivity contribution in [3.63, 3.8) is 0 Å². The van der Waals surface area contributed by atoms with Crippen LogP contribution in [0.25, 0.3) is 0 Å². The summed E-state index contributed by atoms with van der Waals surface area (Å²) >= 11 is 0. The molecule has 3 heteroatoms. The van der Waals surface area contributed by atoms with E-state index in [-0.39, 0.29) is 5.82 Å². The molecule has 2 rings (SSSR count). The first-order chi connectivity index (χ1) is 8.65. The highest BCUT2D eigenvalue weighted by molar-refractivity contribution is 5.92. The van der Waals surface area contributed by atoms with Crippen LogP contribution < -0.4 is 5.73 Å². The average molecular weight is 239 g/mol. The molecule has 0 fully saturated rings. The molecule has 0 aliphatic carbocycles. The molecular weight excluding hydrogens is 229 g/mol. The van der Waals surface area contributed by atoms with Crippen LogP contribution in [0, 0.1) is 17.7 Å². The van der Waals surface area contributed by atoms with Crippen LogP contribution in [0.4, 0.5) is 4.39 Å². The van der Waals surface area contributed by atoms with Crippen LogP contribution in [-0.4, -0.2) is 5.91 Å². The van der Waals surface area contributed by atoms with Gasteiger partial charge in [-0.05, 0) is 48.5 Å². The standard InChI is InChI=1S/C15H10FNO/c16-14-9-5-12(6-10-14)2-1-11-3-7-13(8-4-11)15(17)18/h3-10H,(H2,17,18). The molecule has 2 aromatic carbocycles. The maximum atomic E-state index is 12.7. The number of hydrogen-bond acceptors (Lipinski definition) is 1. The Morgan fingerprint density at radius 2 is 1.33 bits per heavy atom. The molecule has 0 radical (unpaired) electrons. The molecule has 0 spiro atoms. The highest BCUT2D eigenvalue weighted by Gasteiger charge is 1.97. The summed E-state index contributed by atoms with van der Waals surface area (Å²) < 4.78 is 12.7. The second-order valence-corrected chi connectivity index (χ2v) is 3.70. The van der Waals surface area contributed by atoms with E-state index >= 15 is 0 Å². The number of benzene rings is 2. The number of nitrogens with two attached hydrogens (primary N) is 1. The molecule has 0 aliphatic heterocycles. The summed E-state index contributed by atoms with van der Waals surface area (Å²) in [6.45, 7) is 0. The molecule has 1 amide bonds. The van der Waals surface area contributed by atoms with E-state index in [0.717, 1.165) is 11.1 Å². The molecule has 0 atom stereocenters. The minimum absolute atomic E-state index is 0.286. The van der Waals surface area contributed by atoms with Crippen molar-refractivity contribution in [2.45, 2.75) is 0 Å². The van der Waals surface area contributed by atoms with Gasteiger partial charge in [-0.25, -0.2) is 4.39 Å². The molecule has 0 saturated carbocycles. The maximum absolute atomic E-state index is 12.7. The highest BCUT2D eigenvalue weighted by Crippen LogP contribution is 2.04. The normalized spacial score (nSPS) is 9.39. The monoisotopic (exact) mass is 239 g/mol. The lowest BCUT2D eigenvalue weighted by Crippen LogP contribution is -2.10. The summed E-state index contributed by atoms with van der Waals surface area (Å²) in [5.74, 6) is 5.08. The lowest BCUT2D eigenvalue weighted by molar-refractivity contribution is 0.100. The summed E-state index contributed by atoms with van der Waals surface area (Å²) in [5, 5.41) is 0. The van der Waals surface area contributed by atoms with Crippen LogP contribution in [0.3, 0.4) is 0 Å². The second-order valence-electron chi connectivity index (χ2n) is 3.70. The number of amides is 1. The number of carbonyl (C=O) groups excluding carboxylic acids is 1. The van der Waals surface area contributed by atoms with Crippen molar-refractivity contribution in [2.75, 3.05) is 0 Å². The fraction of sp³-hybridized carbons (Fsp3) is 0. The Hall–Kier alpha value is -2.60. The van der Waals surface area contributed by atoms with Gasteiger partial charge in [-0.15, -0.1) is 0 Å². The van der Waals surface area contributed by atoms with Gasteiger partial charge in [0.05, 0.1) is 0 Å². The molecular formula is C15H10FNO. The third-order valence-corrected chi connectivity index (χ3v) is 2.36. The summed E-state index contributed by atoms with van der Waals surface area (Å²) in [5.41, 5.74) is 7.08. The Balaban J connectivity index is 2.19.